The number of amides is 1. The standard InChI is InChI=1S/C16H17N3O2/c17-19-14-7-3-2-6-13(14)16(20)18-10-12-9-11-5-1-4-8-15(11)21-12/h1-8,12,19H,9-10,17H2,(H,18,20). The molecule has 1 atom stereocenters. The number of nitrogens with two attached hydrogens (primary N) is 1. The lowest BCUT2D eigenvalue weighted by molar-refractivity contribution is 0.0934. The van der Waals surface area contributed by atoms with Crippen LogP contribution < -0.4 is 21.3 Å². The second-order valence-electron chi connectivity index (χ2n) is 4.95. The molecule has 1 unspecified atom stereocenters. The smallest absolute Gasteiger partial charge is 0.253 e. The molecule has 1 amide bonds. The first-order chi connectivity index (χ1) is 10.3. The van der Waals surface area contributed by atoms with E-state index in [4.69, 9.17) is 10.6 Å². The Morgan fingerprint density at radius 3 is 2.76 bits per heavy atom. The predicted octanol–water partition coefficient (Wildman–Crippen LogP) is 1.71. The van der Waals surface area contributed by atoms with Gasteiger partial charge in [-0.2, -0.15) is 0 Å². The van der Waals surface area contributed by atoms with Crippen molar-refractivity contribution in [1.29, 1.82) is 0 Å². The Kier molecular flexibility index (Phi) is 3.75. The first-order valence-corrected chi connectivity index (χ1v) is 6.86. The van der Waals surface area contributed by atoms with Crippen molar-refractivity contribution in [2.24, 2.45) is 5.84 Å². The molecule has 5 heteroatoms. The van der Waals surface area contributed by atoms with E-state index in [1.54, 1.807) is 18.2 Å². The average molecular weight is 283 g/mol. The van der Waals surface area contributed by atoms with Crippen molar-refractivity contribution in [2.75, 3.05) is 12.0 Å². The highest BCUT2D eigenvalue weighted by molar-refractivity contribution is 5.99. The molecule has 0 saturated heterocycles. The number of ether oxygens (including phenoxy) is 1. The fourth-order valence-corrected chi connectivity index (χ4v) is 2.48. The lowest BCUT2D eigenvalue weighted by atomic mass is 10.1. The summed E-state index contributed by atoms with van der Waals surface area (Å²) < 4.78 is 5.79. The fraction of sp³-hybridized carbons (Fsp3) is 0.188. The third-order valence-corrected chi connectivity index (χ3v) is 3.53. The van der Waals surface area contributed by atoms with Crippen molar-refractivity contribution in [3.63, 3.8) is 0 Å². The topological polar surface area (TPSA) is 76.4 Å². The molecule has 0 spiro atoms. The number of para-hydroxylation sites is 2. The van der Waals surface area contributed by atoms with Gasteiger partial charge >= 0.3 is 0 Å². The van der Waals surface area contributed by atoms with E-state index in [2.05, 4.69) is 10.7 Å². The quantitative estimate of drug-likeness (QED) is 0.590. The normalized spacial score (nSPS) is 16.0. The number of hydrogen-bond donors (Lipinski definition) is 3. The average Bonchev–Trinajstić information content (AvgIpc) is 2.95. The van der Waals surface area contributed by atoms with Gasteiger partial charge in [0.25, 0.3) is 5.91 Å². The summed E-state index contributed by atoms with van der Waals surface area (Å²) in [5.41, 5.74) is 4.83. The van der Waals surface area contributed by atoms with Crippen LogP contribution in [0.3, 0.4) is 0 Å². The molecule has 5 nitrogen and oxygen atoms in total. The highest BCUT2D eigenvalue weighted by Crippen LogP contribution is 2.27. The van der Waals surface area contributed by atoms with E-state index in [1.165, 1.54) is 5.56 Å². The maximum absolute atomic E-state index is 12.2. The molecular weight excluding hydrogens is 266 g/mol. The van der Waals surface area contributed by atoms with Crippen LogP contribution in [0.2, 0.25) is 0 Å². The zero-order valence-electron chi connectivity index (χ0n) is 11.5. The lowest BCUT2D eigenvalue weighted by Crippen LogP contribution is -2.34. The fourth-order valence-electron chi connectivity index (χ4n) is 2.48. The highest BCUT2D eigenvalue weighted by atomic mass is 16.5. The molecule has 1 heterocycles. The Labute approximate surface area is 123 Å². The Balaban J connectivity index is 1.60. The molecule has 2 aromatic carbocycles. The maximum atomic E-state index is 12.2. The van der Waals surface area contributed by atoms with Crippen LogP contribution >= 0.6 is 0 Å². The summed E-state index contributed by atoms with van der Waals surface area (Å²) in [5, 5.41) is 2.89. The van der Waals surface area contributed by atoms with Gasteiger partial charge in [0.1, 0.15) is 11.9 Å². The van der Waals surface area contributed by atoms with Gasteiger partial charge in [0.05, 0.1) is 17.8 Å². The Bertz CT molecular complexity index is 632. The number of carbonyl (C=O) groups excluding carboxylic acids is 1. The Morgan fingerprint density at radius 2 is 1.95 bits per heavy atom. The van der Waals surface area contributed by atoms with E-state index < -0.39 is 0 Å². The van der Waals surface area contributed by atoms with E-state index in [0.717, 1.165) is 12.2 Å². The van der Waals surface area contributed by atoms with Gasteiger partial charge in [-0.15, -0.1) is 0 Å². The van der Waals surface area contributed by atoms with Crippen LogP contribution in [0.25, 0.3) is 0 Å². The van der Waals surface area contributed by atoms with Gasteiger partial charge < -0.3 is 15.5 Å². The summed E-state index contributed by atoms with van der Waals surface area (Å²) in [6, 6.07) is 15.1. The lowest BCUT2D eigenvalue weighted by Gasteiger charge is -2.13. The van der Waals surface area contributed by atoms with E-state index in [1.807, 2.05) is 30.3 Å². The van der Waals surface area contributed by atoms with E-state index in [9.17, 15) is 4.79 Å². The number of anilines is 1. The number of nitrogens with one attached hydrogen (secondary N) is 2. The summed E-state index contributed by atoms with van der Waals surface area (Å²) in [4.78, 5) is 12.2. The van der Waals surface area contributed by atoms with E-state index >= 15 is 0 Å². The van der Waals surface area contributed by atoms with Gasteiger partial charge in [0.2, 0.25) is 0 Å². The number of benzene rings is 2. The molecule has 3 rings (SSSR count). The van der Waals surface area contributed by atoms with Crippen LogP contribution in [0.4, 0.5) is 5.69 Å². The van der Waals surface area contributed by atoms with Crippen LogP contribution in [0.1, 0.15) is 15.9 Å². The molecule has 1 aliphatic heterocycles. The first kappa shape index (κ1) is 13.5. The van der Waals surface area contributed by atoms with E-state index in [-0.39, 0.29) is 12.0 Å². The minimum atomic E-state index is -0.164. The molecule has 0 aliphatic carbocycles. The number of nitrogen functional groups attached to an aromatic ring is 1. The van der Waals surface area contributed by atoms with Crippen molar-refractivity contribution in [2.45, 2.75) is 12.5 Å². The largest absolute Gasteiger partial charge is 0.488 e. The van der Waals surface area contributed by atoms with E-state index in [0.29, 0.717) is 17.8 Å². The minimum Gasteiger partial charge on any atom is -0.488 e. The van der Waals surface area contributed by atoms with Crippen LogP contribution in [-0.4, -0.2) is 18.6 Å². The Morgan fingerprint density at radius 1 is 1.19 bits per heavy atom. The van der Waals surface area contributed by atoms with Gasteiger partial charge in [-0.1, -0.05) is 30.3 Å². The van der Waals surface area contributed by atoms with Crippen LogP contribution in [0.15, 0.2) is 48.5 Å². The third kappa shape index (κ3) is 2.83. The molecule has 21 heavy (non-hydrogen) atoms. The number of carbonyl (C=O) groups is 1. The second kappa shape index (κ2) is 5.85. The van der Waals surface area contributed by atoms with Crippen molar-refractivity contribution >= 4 is 11.6 Å². The van der Waals surface area contributed by atoms with Crippen LogP contribution in [0.5, 0.6) is 5.75 Å². The summed E-state index contributed by atoms with van der Waals surface area (Å²) in [5.74, 6) is 6.15. The zero-order valence-corrected chi connectivity index (χ0v) is 11.5. The molecule has 0 saturated carbocycles. The van der Waals surface area contributed by atoms with Crippen molar-refractivity contribution < 1.29 is 9.53 Å². The number of rotatable bonds is 4. The van der Waals surface area contributed by atoms with Crippen LogP contribution in [0, 0.1) is 0 Å². The summed E-state index contributed by atoms with van der Waals surface area (Å²) in [6.45, 7) is 0.465. The van der Waals surface area contributed by atoms with Gasteiger partial charge in [-0.3, -0.25) is 10.6 Å². The molecule has 108 valence electrons. The summed E-state index contributed by atoms with van der Waals surface area (Å²) in [7, 11) is 0. The molecule has 2 aromatic rings. The Hall–Kier alpha value is -2.53. The van der Waals surface area contributed by atoms with Crippen LogP contribution in [-0.2, 0) is 6.42 Å². The minimum absolute atomic E-state index is 0.0238. The monoisotopic (exact) mass is 283 g/mol. The predicted molar refractivity (Wildman–Crippen MR) is 81.1 cm³/mol. The number of hydrogen-bond acceptors (Lipinski definition) is 4. The molecule has 0 fully saturated rings. The maximum Gasteiger partial charge on any atom is 0.253 e. The van der Waals surface area contributed by atoms with Crippen molar-refractivity contribution in [3.8, 4) is 5.75 Å². The SMILES string of the molecule is NNc1ccccc1C(=O)NCC1Cc2ccccc2O1. The molecule has 1 aliphatic rings. The van der Waals surface area contributed by atoms with Gasteiger partial charge in [0.15, 0.2) is 0 Å². The number of fused-ring (bicyclic) bond motifs is 1. The zero-order chi connectivity index (χ0) is 14.7. The first-order valence-electron chi connectivity index (χ1n) is 6.86. The summed E-state index contributed by atoms with van der Waals surface area (Å²) >= 11 is 0. The molecule has 0 radical (unpaired) electrons. The van der Waals surface area contributed by atoms with Gasteiger partial charge in [0, 0.05) is 6.42 Å². The number of hydrazine groups is 1. The van der Waals surface area contributed by atoms with Gasteiger partial charge in [-0.25, -0.2) is 0 Å². The molecule has 0 bridgehead atoms. The highest BCUT2D eigenvalue weighted by Gasteiger charge is 2.23. The second-order valence-corrected chi connectivity index (χ2v) is 4.95. The molecular formula is C16H17N3O2. The van der Waals surface area contributed by atoms with Gasteiger partial charge in [-0.05, 0) is 23.8 Å². The third-order valence-electron chi connectivity index (χ3n) is 3.53. The van der Waals surface area contributed by atoms with Crippen molar-refractivity contribution in [1.82, 2.24) is 5.32 Å². The molecule has 0 aromatic heterocycles. The molecule has 4 N–H and O–H groups in total. The van der Waals surface area contributed by atoms with Crippen molar-refractivity contribution in [3.05, 3.63) is 59.7 Å². The summed E-state index contributed by atoms with van der Waals surface area (Å²) in [6.07, 6.45) is 0.789.